The molecule has 0 spiro atoms. The maximum Gasteiger partial charge on any atom is 0.0406 e. The molecule has 0 heterocycles. The molecule has 3 heteroatoms. The van der Waals surface area contributed by atoms with E-state index in [1.54, 1.807) is 0 Å². The van der Waals surface area contributed by atoms with Crippen LogP contribution >= 0.6 is 11.6 Å². The van der Waals surface area contributed by atoms with E-state index in [9.17, 15) is 0 Å². The second-order valence-electron chi connectivity index (χ2n) is 4.56. The van der Waals surface area contributed by atoms with Crippen LogP contribution in [0.25, 0.3) is 0 Å². The minimum Gasteiger partial charge on any atom is -0.330 e. The third-order valence-corrected chi connectivity index (χ3v) is 3.26. The van der Waals surface area contributed by atoms with Crippen LogP contribution in [0.2, 0.25) is 5.02 Å². The standard InChI is InChI=1S/C13H21ClN2/c1-9(2)13(16)12(7-8-15)10-3-5-11(14)6-4-10/h3-6,9,12-13H,7-8,15-16H2,1-2H3. The highest BCUT2D eigenvalue weighted by Crippen LogP contribution is 2.26. The van der Waals surface area contributed by atoms with Crippen molar-refractivity contribution >= 4 is 11.6 Å². The van der Waals surface area contributed by atoms with Gasteiger partial charge in [-0.25, -0.2) is 0 Å². The number of hydrogen-bond acceptors (Lipinski definition) is 2. The van der Waals surface area contributed by atoms with E-state index in [0.29, 0.717) is 18.4 Å². The van der Waals surface area contributed by atoms with Crippen LogP contribution in [0.1, 0.15) is 31.7 Å². The van der Waals surface area contributed by atoms with Gasteiger partial charge in [-0.05, 0) is 36.6 Å². The third-order valence-electron chi connectivity index (χ3n) is 3.01. The van der Waals surface area contributed by atoms with E-state index < -0.39 is 0 Å². The number of nitrogens with two attached hydrogens (primary N) is 2. The van der Waals surface area contributed by atoms with E-state index in [0.717, 1.165) is 11.4 Å². The number of rotatable bonds is 5. The van der Waals surface area contributed by atoms with Gasteiger partial charge in [-0.2, -0.15) is 0 Å². The fourth-order valence-corrected chi connectivity index (χ4v) is 2.06. The van der Waals surface area contributed by atoms with E-state index in [-0.39, 0.29) is 6.04 Å². The topological polar surface area (TPSA) is 52.0 Å². The van der Waals surface area contributed by atoms with Crippen LogP contribution in [0.15, 0.2) is 24.3 Å². The fourth-order valence-electron chi connectivity index (χ4n) is 1.94. The first-order chi connectivity index (χ1) is 7.56. The zero-order valence-electron chi connectivity index (χ0n) is 9.99. The molecule has 0 aliphatic rings. The Labute approximate surface area is 103 Å². The summed E-state index contributed by atoms with van der Waals surface area (Å²) in [6.07, 6.45) is 0.918. The molecule has 0 saturated heterocycles. The molecule has 1 aromatic carbocycles. The highest BCUT2D eigenvalue weighted by Gasteiger charge is 2.21. The van der Waals surface area contributed by atoms with Crippen LogP contribution in [-0.2, 0) is 0 Å². The lowest BCUT2D eigenvalue weighted by Crippen LogP contribution is -2.34. The summed E-state index contributed by atoms with van der Waals surface area (Å²) in [5.74, 6) is 0.773. The maximum absolute atomic E-state index is 6.23. The molecule has 2 nitrogen and oxygen atoms in total. The third kappa shape index (κ3) is 3.48. The van der Waals surface area contributed by atoms with Gasteiger partial charge in [-0.3, -0.25) is 0 Å². The number of benzene rings is 1. The Morgan fingerprint density at radius 3 is 2.19 bits per heavy atom. The zero-order chi connectivity index (χ0) is 12.1. The highest BCUT2D eigenvalue weighted by atomic mass is 35.5. The first-order valence-corrected chi connectivity index (χ1v) is 6.15. The molecule has 2 atom stereocenters. The normalized spacial score (nSPS) is 15.1. The molecule has 4 N–H and O–H groups in total. The van der Waals surface area contributed by atoms with Gasteiger partial charge in [-0.1, -0.05) is 37.6 Å². The van der Waals surface area contributed by atoms with Crippen LogP contribution < -0.4 is 11.5 Å². The minimum absolute atomic E-state index is 0.143. The maximum atomic E-state index is 6.23. The summed E-state index contributed by atoms with van der Waals surface area (Å²) >= 11 is 5.88. The number of halogens is 1. The van der Waals surface area contributed by atoms with Crippen molar-refractivity contribution in [2.24, 2.45) is 17.4 Å². The van der Waals surface area contributed by atoms with Crippen molar-refractivity contribution in [2.45, 2.75) is 32.2 Å². The average molecular weight is 241 g/mol. The Bertz CT molecular complexity index is 308. The highest BCUT2D eigenvalue weighted by molar-refractivity contribution is 6.30. The molecule has 0 radical (unpaired) electrons. The van der Waals surface area contributed by atoms with Crippen LogP contribution in [-0.4, -0.2) is 12.6 Å². The van der Waals surface area contributed by atoms with Gasteiger partial charge in [0, 0.05) is 17.0 Å². The van der Waals surface area contributed by atoms with Crippen molar-refractivity contribution in [1.82, 2.24) is 0 Å². The van der Waals surface area contributed by atoms with Gasteiger partial charge in [0.25, 0.3) is 0 Å². The molecule has 0 bridgehead atoms. The summed E-state index contributed by atoms with van der Waals surface area (Å²) in [6, 6.07) is 8.06. The molecular formula is C13H21ClN2. The summed E-state index contributed by atoms with van der Waals surface area (Å²) in [5.41, 5.74) is 13.1. The first kappa shape index (κ1) is 13.5. The van der Waals surface area contributed by atoms with Crippen molar-refractivity contribution < 1.29 is 0 Å². The van der Waals surface area contributed by atoms with Crippen molar-refractivity contribution in [1.29, 1.82) is 0 Å². The molecule has 16 heavy (non-hydrogen) atoms. The van der Waals surface area contributed by atoms with Crippen molar-refractivity contribution in [3.05, 3.63) is 34.9 Å². The van der Waals surface area contributed by atoms with Gasteiger partial charge in [0.05, 0.1) is 0 Å². The predicted molar refractivity (Wildman–Crippen MR) is 70.7 cm³/mol. The van der Waals surface area contributed by atoms with Crippen molar-refractivity contribution in [3.63, 3.8) is 0 Å². The molecule has 1 aromatic rings. The van der Waals surface area contributed by atoms with Gasteiger partial charge in [0.1, 0.15) is 0 Å². The average Bonchev–Trinajstić information content (AvgIpc) is 2.26. The molecule has 0 aromatic heterocycles. The molecule has 1 rings (SSSR count). The van der Waals surface area contributed by atoms with E-state index in [2.05, 4.69) is 13.8 Å². The van der Waals surface area contributed by atoms with E-state index in [4.69, 9.17) is 23.1 Å². The fraction of sp³-hybridized carbons (Fsp3) is 0.538. The minimum atomic E-state index is 0.143. The van der Waals surface area contributed by atoms with Crippen LogP contribution in [0.5, 0.6) is 0 Å². The summed E-state index contributed by atoms with van der Waals surface area (Å²) in [4.78, 5) is 0. The lowest BCUT2D eigenvalue weighted by molar-refractivity contribution is 0.402. The second-order valence-corrected chi connectivity index (χ2v) is 4.99. The summed E-state index contributed by atoms with van der Waals surface area (Å²) in [5, 5.41) is 0.758. The molecule has 0 saturated carbocycles. The Kier molecular flexibility index (Phi) is 5.26. The van der Waals surface area contributed by atoms with Crippen molar-refractivity contribution in [2.75, 3.05) is 6.54 Å². The van der Waals surface area contributed by atoms with Crippen LogP contribution in [0, 0.1) is 5.92 Å². The SMILES string of the molecule is CC(C)C(N)C(CCN)c1ccc(Cl)cc1. The summed E-state index contributed by atoms with van der Waals surface area (Å²) in [7, 11) is 0. The smallest absolute Gasteiger partial charge is 0.0406 e. The van der Waals surface area contributed by atoms with Crippen LogP contribution in [0.3, 0.4) is 0 Å². The molecular weight excluding hydrogens is 220 g/mol. The summed E-state index contributed by atoms with van der Waals surface area (Å²) < 4.78 is 0. The first-order valence-electron chi connectivity index (χ1n) is 5.77. The van der Waals surface area contributed by atoms with Crippen LogP contribution in [0.4, 0.5) is 0 Å². The Morgan fingerprint density at radius 1 is 1.19 bits per heavy atom. The largest absolute Gasteiger partial charge is 0.330 e. The lowest BCUT2D eigenvalue weighted by Gasteiger charge is -2.27. The second kappa shape index (κ2) is 6.24. The molecule has 2 unspecified atom stereocenters. The quantitative estimate of drug-likeness (QED) is 0.832. The molecule has 90 valence electrons. The van der Waals surface area contributed by atoms with E-state index in [1.165, 1.54) is 5.56 Å². The van der Waals surface area contributed by atoms with Gasteiger partial charge in [-0.15, -0.1) is 0 Å². The Hall–Kier alpha value is -0.570. The van der Waals surface area contributed by atoms with Gasteiger partial charge >= 0.3 is 0 Å². The van der Waals surface area contributed by atoms with E-state index in [1.807, 2.05) is 24.3 Å². The number of hydrogen-bond donors (Lipinski definition) is 2. The Morgan fingerprint density at radius 2 is 1.75 bits per heavy atom. The Balaban J connectivity index is 2.88. The van der Waals surface area contributed by atoms with Gasteiger partial charge < -0.3 is 11.5 Å². The molecule has 0 amide bonds. The molecule has 0 aliphatic carbocycles. The lowest BCUT2D eigenvalue weighted by atomic mass is 9.83. The molecule has 0 aliphatic heterocycles. The zero-order valence-corrected chi connectivity index (χ0v) is 10.7. The van der Waals surface area contributed by atoms with Gasteiger partial charge in [0.15, 0.2) is 0 Å². The predicted octanol–water partition coefficient (Wildman–Crippen LogP) is 2.76. The summed E-state index contributed by atoms with van der Waals surface area (Å²) in [6.45, 7) is 4.95. The monoisotopic (exact) mass is 240 g/mol. The van der Waals surface area contributed by atoms with E-state index >= 15 is 0 Å². The van der Waals surface area contributed by atoms with Gasteiger partial charge in [0.2, 0.25) is 0 Å². The van der Waals surface area contributed by atoms with Crippen molar-refractivity contribution in [3.8, 4) is 0 Å². The molecule has 0 fully saturated rings.